The largest absolute Gasteiger partial charge is 0.384 e. The van der Waals surface area contributed by atoms with Crippen LogP contribution in [0.5, 0.6) is 0 Å². The van der Waals surface area contributed by atoms with Gasteiger partial charge in [0.05, 0.1) is 5.69 Å². The first-order valence-corrected chi connectivity index (χ1v) is 5.86. The monoisotopic (exact) mass is 267 g/mol. The van der Waals surface area contributed by atoms with E-state index in [1.54, 1.807) is 0 Å². The molecule has 0 spiro atoms. The molecule has 0 radical (unpaired) electrons. The highest BCUT2D eigenvalue weighted by Crippen LogP contribution is 2.29. The summed E-state index contributed by atoms with van der Waals surface area (Å²) in [4.78, 5) is 2.36. The highest BCUT2D eigenvalue weighted by molar-refractivity contribution is 9.10. The van der Waals surface area contributed by atoms with Crippen molar-refractivity contribution in [2.24, 2.45) is 5.73 Å². The third-order valence-corrected chi connectivity index (χ3v) is 3.34. The first-order valence-electron chi connectivity index (χ1n) is 5.07. The van der Waals surface area contributed by atoms with Crippen LogP contribution in [0, 0.1) is 5.41 Å². The molecule has 2 rings (SSSR count). The van der Waals surface area contributed by atoms with E-state index >= 15 is 0 Å². The van der Waals surface area contributed by atoms with Crippen LogP contribution < -0.4 is 10.6 Å². The van der Waals surface area contributed by atoms with Gasteiger partial charge in [-0.1, -0.05) is 0 Å². The fourth-order valence-corrected chi connectivity index (χ4v) is 2.52. The summed E-state index contributed by atoms with van der Waals surface area (Å²) in [5, 5.41) is 7.36. The average molecular weight is 268 g/mol. The second kappa shape index (κ2) is 4.23. The lowest BCUT2D eigenvalue weighted by Crippen LogP contribution is -2.18. The molecule has 3 nitrogen and oxygen atoms in total. The van der Waals surface area contributed by atoms with Gasteiger partial charge in [0.2, 0.25) is 0 Å². The Bertz CT molecular complexity index is 383. The predicted molar refractivity (Wildman–Crippen MR) is 66.6 cm³/mol. The van der Waals surface area contributed by atoms with E-state index in [0.29, 0.717) is 0 Å². The minimum atomic E-state index is 0.115. The van der Waals surface area contributed by atoms with Crippen molar-refractivity contribution in [1.29, 1.82) is 5.41 Å². The zero-order valence-corrected chi connectivity index (χ0v) is 10.0. The number of nitrogens with zero attached hydrogens (tertiary/aromatic N) is 1. The maximum absolute atomic E-state index is 7.36. The summed E-state index contributed by atoms with van der Waals surface area (Å²) in [6.45, 7) is 2.25. The van der Waals surface area contributed by atoms with E-state index in [1.165, 1.54) is 18.5 Å². The molecule has 0 bridgehead atoms. The standard InChI is InChI=1S/C11H14BrN3/c12-9-7-8(11(13)14)3-4-10(9)15-5-1-2-6-15/h3-4,7H,1-2,5-6H2,(H3,13,14). The van der Waals surface area contributed by atoms with Crippen molar-refractivity contribution < 1.29 is 0 Å². The van der Waals surface area contributed by atoms with Crippen LogP contribution in [0.15, 0.2) is 22.7 Å². The van der Waals surface area contributed by atoms with Crippen LogP contribution in [0.1, 0.15) is 18.4 Å². The molecule has 0 aromatic heterocycles. The molecule has 15 heavy (non-hydrogen) atoms. The van der Waals surface area contributed by atoms with Gasteiger partial charge < -0.3 is 10.6 Å². The lowest BCUT2D eigenvalue weighted by Gasteiger charge is -2.19. The SMILES string of the molecule is N=C(N)c1ccc(N2CCCC2)c(Br)c1. The number of anilines is 1. The first kappa shape index (κ1) is 10.5. The van der Waals surface area contributed by atoms with Gasteiger partial charge in [-0.25, -0.2) is 0 Å². The summed E-state index contributed by atoms with van der Waals surface area (Å²) >= 11 is 3.53. The molecule has 4 heteroatoms. The smallest absolute Gasteiger partial charge is 0.122 e. The van der Waals surface area contributed by atoms with Gasteiger partial charge in [0.15, 0.2) is 0 Å². The third-order valence-electron chi connectivity index (χ3n) is 2.71. The Balaban J connectivity index is 2.29. The molecule has 1 aromatic rings. The zero-order chi connectivity index (χ0) is 10.8. The normalized spacial score (nSPS) is 15.7. The lowest BCUT2D eigenvalue weighted by molar-refractivity contribution is 0.949. The Morgan fingerprint density at radius 2 is 2.00 bits per heavy atom. The minimum Gasteiger partial charge on any atom is -0.384 e. The van der Waals surface area contributed by atoms with Crippen molar-refractivity contribution in [3.05, 3.63) is 28.2 Å². The Kier molecular flexibility index (Phi) is 2.95. The van der Waals surface area contributed by atoms with Gasteiger partial charge in [-0.3, -0.25) is 5.41 Å². The molecule has 80 valence electrons. The van der Waals surface area contributed by atoms with Gasteiger partial charge in [-0.05, 0) is 47.0 Å². The summed E-state index contributed by atoms with van der Waals surface area (Å²) in [5.74, 6) is 0.115. The van der Waals surface area contributed by atoms with Gasteiger partial charge in [0, 0.05) is 23.1 Å². The van der Waals surface area contributed by atoms with E-state index in [2.05, 4.69) is 20.8 Å². The van der Waals surface area contributed by atoms with Crippen LogP contribution in [0.3, 0.4) is 0 Å². The third kappa shape index (κ3) is 2.15. The molecular weight excluding hydrogens is 254 g/mol. The number of benzene rings is 1. The zero-order valence-electron chi connectivity index (χ0n) is 8.46. The maximum atomic E-state index is 7.36. The van der Waals surface area contributed by atoms with E-state index in [-0.39, 0.29) is 5.84 Å². The Hall–Kier alpha value is -1.03. The Labute approximate surface area is 97.9 Å². The van der Waals surface area contributed by atoms with Crippen molar-refractivity contribution >= 4 is 27.5 Å². The predicted octanol–water partition coefficient (Wildman–Crippen LogP) is 2.33. The average Bonchev–Trinajstić information content (AvgIpc) is 2.70. The number of amidine groups is 1. The highest BCUT2D eigenvalue weighted by Gasteiger charge is 2.15. The van der Waals surface area contributed by atoms with E-state index in [1.807, 2.05) is 18.2 Å². The number of hydrogen-bond acceptors (Lipinski definition) is 2. The molecule has 0 atom stereocenters. The number of nitrogen functional groups attached to an aromatic ring is 1. The minimum absolute atomic E-state index is 0.115. The molecule has 1 aliphatic heterocycles. The number of nitrogens with one attached hydrogen (secondary N) is 1. The van der Waals surface area contributed by atoms with Crippen molar-refractivity contribution in [2.45, 2.75) is 12.8 Å². The summed E-state index contributed by atoms with van der Waals surface area (Å²) in [7, 11) is 0. The first-order chi connectivity index (χ1) is 7.18. The number of nitrogens with two attached hydrogens (primary N) is 1. The van der Waals surface area contributed by atoms with Crippen LogP contribution in [0.2, 0.25) is 0 Å². The summed E-state index contributed by atoms with van der Waals surface area (Å²) < 4.78 is 1.03. The quantitative estimate of drug-likeness (QED) is 0.639. The molecule has 1 fully saturated rings. The van der Waals surface area contributed by atoms with Gasteiger partial charge in [0.25, 0.3) is 0 Å². The van der Waals surface area contributed by atoms with Crippen LogP contribution in [-0.4, -0.2) is 18.9 Å². The second-order valence-electron chi connectivity index (χ2n) is 3.77. The van der Waals surface area contributed by atoms with Crippen LogP contribution >= 0.6 is 15.9 Å². The second-order valence-corrected chi connectivity index (χ2v) is 4.63. The maximum Gasteiger partial charge on any atom is 0.122 e. The number of halogens is 1. The molecular formula is C11H14BrN3. The topological polar surface area (TPSA) is 53.1 Å². The van der Waals surface area contributed by atoms with Crippen molar-refractivity contribution in [3.63, 3.8) is 0 Å². The molecule has 0 aliphatic carbocycles. The summed E-state index contributed by atoms with van der Waals surface area (Å²) in [6, 6.07) is 5.85. The fourth-order valence-electron chi connectivity index (χ4n) is 1.89. The van der Waals surface area contributed by atoms with Gasteiger partial charge in [0.1, 0.15) is 5.84 Å². The molecule has 0 saturated carbocycles. The molecule has 1 aromatic carbocycles. The molecule has 3 N–H and O–H groups in total. The summed E-state index contributed by atoms with van der Waals surface area (Å²) in [5.41, 5.74) is 7.41. The Morgan fingerprint density at radius 3 is 2.53 bits per heavy atom. The lowest BCUT2D eigenvalue weighted by atomic mass is 10.2. The van der Waals surface area contributed by atoms with Crippen LogP contribution in [0.25, 0.3) is 0 Å². The molecule has 1 aliphatic rings. The summed E-state index contributed by atoms with van der Waals surface area (Å²) in [6.07, 6.45) is 2.53. The Morgan fingerprint density at radius 1 is 1.33 bits per heavy atom. The van der Waals surface area contributed by atoms with Gasteiger partial charge in [-0.15, -0.1) is 0 Å². The van der Waals surface area contributed by atoms with E-state index in [9.17, 15) is 0 Å². The van der Waals surface area contributed by atoms with E-state index in [0.717, 1.165) is 23.1 Å². The van der Waals surface area contributed by atoms with E-state index < -0.39 is 0 Å². The highest BCUT2D eigenvalue weighted by atomic mass is 79.9. The van der Waals surface area contributed by atoms with Crippen LogP contribution in [0.4, 0.5) is 5.69 Å². The molecule has 1 saturated heterocycles. The van der Waals surface area contributed by atoms with E-state index in [4.69, 9.17) is 11.1 Å². The van der Waals surface area contributed by atoms with Crippen molar-refractivity contribution in [3.8, 4) is 0 Å². The fraction of sp³-hybridized carbons (Fsp3) is 0.364. The van der Waals surface area contributed by atoms with Crippen molar-refractivity contribution in [1.82, 2.24) is 0 Å². The van der Waals surface area contributed by atoms with Crippen LogP contribution in [-0.2, 0) is 0 Å². The number of rotatable bonds is 2. The van der Waals surface area contributed by atoms with Gasteiger partial charge in [-0.2, -0.15) is 0 Å². The van der Waals surface area contributed by atoms with Crippen molar-refractivity contribution in [2.75, 3.05) is 18.0 Å². The molecule has 0 amide bonds. The molecule has 1 heterocycles. The number of hydrogen-bond donors (Lipinski definition) is 2. The van der Waals surface area contributed by atoms with Gasteiger partial charge >= 0.3 is 0 Å². The molecule has 0 unspecified atom stereocenters.